The number of rotatable bonds is 2. The van der Waals surface area contributed by atoms with Gasteiger partial charge in [-0.25, -0.2) is 0 Å². The molecule has 0 aliphatic carbocycles. The third-order valence-corrected chi connectivity index (χ3v) is 1.78. The lowest BCUT2D eigenvalue weighted by atomic mass is 10.0. The zero-order valence-corrected chi connectivity index (χ0v) is 7.51. The van der Waals surface area contributed by atoms with Crippen LogP contribution in [0.5, 0.6) is 0 Å². The molecule has 0 atom stereocenters. The monoisotopic (exact) mass is 219 g/mol. The van der Waals surface area contributed by atoms with E-state index in [1.807, 2.05) is 0 Å². The molecule has 3 nitrogen and oxygen atoms in total. The summed E-state index contributed by atoms with van der Waals surface area (Å²) >= 11 is 0. The molecule has 0 aliphatic rings. The van der Waals surface area contributed by atoms with Crippen LogP contribution in [0.25, 0.3) is 0 Å². The van der Waals surface area contributed by atoms with Crippen LogP contribution in [0.4, 0.5) is 18.9 Å². The maximum Gasteiger partial charge on any atom is 0.416 e. The van der Waals surface area contributed by atoms with E-state index in [4.69, 9.17) is 10.8 Å². The zero-order valence-electron chi connectivity index (χ0n) is 7.51. The fourth-order valence-corrected chi connectivity index (χ4v) is 1.18. The predicted molar refractivity (Wildman–Crippen MR) is 47.2 cm³/mol. The van der Waals surface area contributed by atoms with E-state index < -0.39 is 24.1 Å². The smallest absolute Gasteiger partial charge is 0.416 e. The molecule has 0 fully saturated rings. The summed E-state index contributed by atoms with van der Waals surface area (Å²) in [5.41, 5.74) is 3.88. The van der Waals surface area contributed by atoms with Crippen molar-refractivity contribution in [3.8, 4) is 0 Å². The molecular formula is C9H8F3NO2. The lowest BCUT2D eigenvalue weighted by molar-refractivity contribution is -0.139. The molecule has 1 rings (SSSR count). The molecule has 0 saturated heterocycles. The molecule has 0 bridgehead atoms. The van der Waals surface area contributed by atoms with Crippen LogP contribution in [0.15, 0.2) is 18.2 Å². The minimum Gasteiger partial charge on any atom is -0.481 e. The number of nitrogens with two attached hydrogens (primary N) is 1. The third kappa shape index (κ3) is 2.87. The summed E-state index contributed by atoms with van der Waals surface area (Å²) in [4.78, 5) is 10.3. The molecule has 0 spiro atoms. The van der Waals surface area contributed by atoms with Gasteiger partial charge in [0, 0.05) is 5.69 Å². The van der Waals surface area contributed by atoms with Gasteiger partial charge in [-0.05, 0) is 17.7 Å². The van der Waals surface area contributed by atoms with E-state index in [0.717, 1.165) is 12.1 Å². The summed E-state index contributed by atoms with van der Waals surface area (Å²) in [6.45, 7) is 0. The van der Waals surface area contributed by atoms with Gasteiger partial charge in [0.1, 0.15) is 0 Å². The number of hydrogen-bond donors (Lipinski definition) is 2. The van der Waals surface area contributed by atoms with Gasteiger partial charge in [0.05, 0.1) is 12.0 Å². The van der Waals surface area contributed by atoms with Crippen molar-refractivity contribution >= 4 is 11.7 Å². The Balaban J connectivity index is 3.20. The van der Waals surface area contributed by atoms with Gasteiger partial charge in [-0.2, -0.15) is 13.2 Å². The van der Waals surface area contributed by atoms with Crippen LogP contribution >= 0.6 is 0 Å². The SMILES string of the molecule is Nc1ccc(CC(=O)O)c(C(F)(F)F)c1. The molecule has 82 valence electrons. The van der Waals surface area contributed by atoms with Crippen molar-refractivity contribution in [2.45, 2.75) is 12.6 Å². The van der Waals surface area contributed by atoms with Crippen LogP contribution < -0.4 is 5.73 Å². The second-order valence-corrected chi connectivity index (χ2v) is 2.98. The Hall–Kier alpha value is -1.72. The number of carboxylic acid groups (broad SMARTS) is 1. The number of hydrogen-bond acceptors (Lipinski definition) is 2. The highest BCUT2D eigenvalue weighted by Gasteiger charge is 2.33. The molecule has 15 heavy (non-hydrogen) atoms. The lowest BCUT2D eigenvalue weighted by Crippen LogP contribution is -2.12. The minimum atomic E-state index is -4.58. The first-order valence-corrected chi connectivity index (χ1v) is 3.98. The van der Waals surface area contributed by atoms with Gasteiger partial charge < -0.3 is 10.8 Å². The van der Waals surface area contributed by atoms with Crippen molar-refractivity contribution in [3.63, 3.8) is 0 Å². The molecule has 0 heterocycles. The number of benzene rings is 1. The van der Waals surface area contributed by atoms with E-state index in [2.05, 4.69) is 0 Å². The van der Waals surface area contributed by atoms with Crippen LogP contribution in [0.1, 0.15) is 11.1 Å². The summed E-state index contributed by atoms with van der Waals surface area (Å²) in [5.74, 6) is -1.31. The molecule has 0 aromatic heterocycles. The van der Waals surface area contributed by atoms with Gasteiger partial charge in [0.25, 0.3) is 0 Å². The highest BCUT2D eigenvalue weighted by molar-refractivity contribution is 5.71. The van der Waals surface area contributed by atoms with E-state index in [9.17, 15) is 18.0 Å². The predicted octanol–water partition coefficient (Wildman–Crippen LogP) is 1.91. The van der Waals surface area contributed by atoms with E-state index >= 15 is 0 Å². The molecule has 3 N–H and O–H groups in total. The van der Waals surface area contributed by atoms with Crippen molar-refractivity contribution in [1.82, 2.24) is 0 Å². The van der Waals surface area contributed by atoms with Crippen molar-refractivity contribution in [2.75, 3.05) is 5.73 Å². The zero-order chi connectivity index (χ0) is 11.6. The fraction of sp³-hybridized carbons (Fsp3) is 0.222. The molecule has 0 saturated carbocycles. The topological polar surface area (TPSA) is 63.3 Å². The number of anilines is 1. The van der Waals surface area contributed by atoms with Crippen LogP contribution in [-0.4, -0.2) is 11.1 Å². The maximum absolute atomic E-state index is 12.4. The van der Waals surface area contributed by atoms with Crippen LogP contribution in [0, 0.1) is 0 Å². The Kier molecular flexibility index (Phi) is 2.88. The molecule has 0 unspecified atom stereocenters. The van der Waals surface area contributed by atoms with Crippen molar-refractivity contribution in [2.24, 2.45) is 0 Å². The number of alkyl halides is 3. The minimum absolute atomic E-state index is 0.0449. The van der Waals surface area contributed by atoms with Crippen molar-refractivity contribution in [3.05, 3.63) is 29.3 Å². The van der Waals surface area contributed by atoms with Gasteiger partial charge in [0.2, 0.25) is 0 Å². The first kappa shape index (κ1) is 11.4. The average Bonchev–Trinajstić information content (AvgIpc) is 2.05. The summed E-state index contributed by atoms with van der Waals surface area (Å²) in [6.07, 6.45) is -5.25. The highest BCUT2D eigenvalue weighted by atomic mass is 19.4. The quantitative estimate of drug-likeness (QED) is 0.747. The van der Waals surface area contributed by atoms with Gasteiger partial charge in [-0.3, -0.25) is 4.79 Å². The molecule has 0 aliphatic heterocycles. The number of halogens is 3. The highest BCUT2D eigenvalue weighted by Crippen LogP contribution is 2.33. The van der Waals surface area contributed by atoms with E-state index in [0.29, 0.717) is 0 Å². The summed E-state index contributed by atoms with van der Waals surface area (Å²) in [5, 5.41) is 8.43. The summed E-state index contributed by atoms with van der Waals surface area (Å²) in [7, 11) is 0. The van der Waals surface area contributed by atoms with Crippen molar-refractivity contribution < 1.29 is 23.1 Å². The van der Waals surface area contributed by atoms with Crippen molar-refractivity contribution in [1.29, 1.82) is 0 Å². The molecule has 1 aromatic carbocycles. The Morgan fingerprint density at radius 3 is 2.47 bits per heavy atom. The first-order valence-electron chi connectivity index (χ1n) is 3.98. The second-order valence-electron chi connectivity index (χ2n) is 2.98. The second kappa shape index (κ2) is 3.80. The Morgan fingerprint density at radius 2 is 2.00 bits per heavy atom. The van der Waals surface area contributed by atoms with Crippen LogP contribution in [0.3, 0.4) is 0 Å². The molecule has 6 heteroatoms. The van der Waals surface area contributed by atoms with Gasteiger partial charge in [-0.15, -0.1) is 0 Å². The van der Waals surface area contributed by atoms with E-state index in [1.165, 1.54) is 6.07 Å². The normalized spacial score (nSPS) is 11.4. The molecule has 1 aromatic rings. The van der Waals surface area contributed by atoms with Crippen LogP contribution in [0.2, 0.25) is 0 Å². The fourth-order valence-electron chi connectivity index (χ4n) is 1.18. The van der Waals surface area contributed by atoms with E-state index in [-0.39, 0.29) is 11.3 Å². The van der Waals surface area contributed by atoms with Crippen LogP contribution in [-0.2, 0) is 17.4 Å². The van der Waals surface area contributed by atoms with Gasteiger partial charge in [-0.1, -0.05) is 6.07 Å². The Bertz CT molecular complexity index is 387. The number of nitrogen functional groups attached to an aromatic ring is 1. The van der Waals surface area contributed by atoms with E-state index in [1.54, 1.807) is 0 Å². The largest absolute Gasteiger partial charge is 0.481 e. The first-order chi connectivity index (χ1) is 6.80. The summed E-state index contributed by atoms with van der Waals surface area (Å²) < 4.78 is 37.3. The van der Waals surface area contributed by atoms with Gasteiger partial charge in [0.15, 0.2) is 0 Å². The Morgan fingerprint density at radius 1 is 1.40 bits per heavy atom. The average molecular weight is 219 g/mol. The lowest BCUT2D eigenvalue weighted by Gasteiger charge is -2.11. The maximum atomic E-state index is 12.4. The number of carboxylic acids is 1. The van der Waals surface area contributed by atoms with Gasteiger partial charge >= 0.3 is 12.1 Å². The standard InChI is InChI=1S/C9H8F3NO2/c10-9(11,12)7-4-6(13)2-1-5(7)3-8(14)15/h1-2,4H,3,13H2,(H,14,15). The molecular weight excluding hydrogens is 211 g/mol. The third-order valence-electron chi connectivity index (χ3n) is 1.78. The number of carbonyl (C=O) groups is 1. The number of aliphatic carboxylic acids is 1. The molecule has 0 radical (unpaired) electrons. The molecule has 0 amide bonds. The Labute approximate surface area is 83.3 Å². The summed E-state index contributed by atoms with van der Waals surface area (Å²) in [6, 6.07) is 3.05.